The molecule has 5 heteroatoms. The molecule has 0 aliphatic carbocycles. The Labute approximate surface area is 159 Å². The summed E-state index contributed by atoms with van der Waals surface area (Å²) >= 11 is 7.62. The Hall–Kier alpha value is -1.49. The summed E-state index contributed by atoms with van der Waals surface area (Å²) in [7, 11) is 4.09. The van der Waals surface area contributed by atoms with Crippen LogP contribution in [-0.2, 0) is 9.53 Å². The van der Waals surface area contributed by atoms with E-state index < -0.39 is 0 Å². The van der Waals surface area contributed by atoms with E-state index in [1.54, 1.807) is 11.8 Å². The number of rotatable bonds is 8. The van der Waals surface area contributed by atoms with Gasteiger partial charge in [0.1, 0.15) is 6.10 Å². The minimum atomic E-state index is -0.249. The third kappa shape index (κ3) is 6.73. The van der Waals surface area contributed by atoms with Crippen molar-refractivity contribution in [1.82, 2.24) is 4.90 Å². The minimum Gasteiger partial charge on any atom is -0.458 e. The van der Waals surface area contributed by atoms with Crippen LogP contribution in [0.2, 0.25) is 5.02 Å². The van der Waals surface area contributed by atoms with Crippen LogP contribution in [0.25, 0.3) is 0 Å². The Balaban J connectivity index is 2.20. The van der Waals surface area contributed by atoms with E-state index >= 15 is 0 Å². The lowest BCUT2D eigenvalue weighted by molar-refractivity contribution is -0.147. The van der Waals surface area contributed by atoms with Gasteiger partial charge in [-0.05, 0) is 63.8 Å². The summed E-state index contributed by atoms with van der Waals surface area (Å²) in [6.45, 7) is 2.43. The first-order chi connectivity index (χ1) is 12.0. The highest BCUT2D eigenvalue weighted by Crippen LogP contribution is 2.36. The number of esters is 1. The van der Waals surface area contributed by atoms with E-state index in [0.29, 0.717) is 0 Å². The van der Waals surface area contributed by atoms with Crippen LogP contribution in [0.15, 0.2) is 58.3 Å². The zero-order valence-electron chi connectivity index (χ0n) is 14.9. The molecule has 0 saturated carbocycles. The number of hydrogen-bond acceptors (Lipinski definition) is 4. The molecule has 0 aliphatic rings. The van der Waals surface area contributed by atoms with E-state index in [4.69, 9.17) is 16.3 Å². The van der Waals surface area contributed by atoms with Gasteiger partial charge in [-0.15, -0.1) is 0 Å². The summed E-state index contributed by atoms with van der Waals surface area (Å²) in [5.74, 6) is -0.249. The van der Waals surface area contributed by atoms with Crippen LogP contribution in [0.3, 0.4) is 0 Å². The predicted octanol–water partition coefficient (Wildman–Crippen LogP) is 5.44. The second-order valence-corrected chi connectivity index (χ2v) is 7.69. The molecule has 2 rings (SSSR count). The van der Waals surface area contributed by atoms with Crippen LogP contribution in [0.4, 0.5) is 0 Å². The van der Waals surface area contributed by atoms with Crippen LogP contribution in [0.5, 0.6) is 0 Å². The molecule has 0 fully saturated rings. The molecule has 0 aromatic heterocycles. The number of carbonyl (C=O) groups excluding carboxylic acids is 1. The largest absolute Gasteiger partial charge is 0.458 e. The molecular formula is C20H24ClNO2S. The van der Waals surface area contributed by atoms with Gasteiger partial charge in [-0.2, -0.15) is 0 Å². The third-order valence-electron chi connectivity index (χ3n) is 3.69. The summed E-state index contributed by atoms with van der Waals surface area (Å²) in [6, 6.07) is 15.9. The van der Waals surface area contributed by atoms with Gasteiger partial charge in [0, 0.05) is 27.3 Å². The van der Waals surface area contributed by atoms with Gasteiger partial charge in [0.25, 0.3) is 0 Å². The lowest BCUT2D eigenvalue weighted by atomic mass is 10.0. The Kier molecular flexibility index (Phi) is 7.82. The second-order valence-electron chi connectivity index (χ2n) is 6.14. The summed E-state index contributed by atoms with van der Waals surface area (Å²) in [6.07, 6.45) is 1.54. The molecule has 2 aromatic carbocycles. The van der Waals surface area contributed by atoms with Gasteiger partial charge < -0.3 is 9.64 Å². The van der Waals surface area contributed by atoms with Crippen LogP contribution >= 0.6 is 23.4 Å². The van der Waals surface area contributed by atoms with Crippen LogP contribution < -0.4 is 0 Å². The highest BCUT2D eigenvalue weighted by Gasteiger charge is 2.18. The van der Waals surface area contributed by atoms with E-state index in [2.05, 4.69) is 11.0 Å². The molecule has 134 valence electrons. The summed E-state index contributed by atoms with van der Waals surface area (Å²) in [4.78, 5) is 15.9. The predicted molar refractivity (Wildman–Crippen MR) is 104 cm³/mol. The van der Waals surface area contributed by atoms with Crippen molar-refractivity contribution in [2.24, 2.45) is 0 Å². The van der Waals surface area contributed by atoms with Gasteiger partial charge in [0.05, 0.1) is 0 Å². The molecule has 0 radical (unpaired) electrons. The smallest absolute Gasteiger partial charge is 0.303 e. The number of hydrogen-bond donors (Lipinski definition) is 0. The SMILES string of the molecule is CC(=O)OC(CCCN(C)C)c1ccccc1Sc1ccc(Cl)cc1. The normalized spacial score (nSPS) is 12.2. The van der Waals surface area contributed by atoms with Crippen molar-refractivity contribution in [1.29, 1.82) is 0 Å². The van der Waals surface area contributed by atoms with E-state index in [1.165, 1.54) is 6.92 Å². The molecule has 25 heavy (non-hydrogen) atoms. The van der Waals surface area contributed by atoms with Crippen molar-refractivity contribution in [2.75, 3.05) is 20.6 Å². The number of ether oxygens (including phenoxy) is 1. The molecule has 0 saturated heterocycles. The fourth-order valence-corrected chi connectivity index (χ4v) is 3.66. The zero-order chi connectivity index (χ0) is 18.2. The maximum atomic E-state index is 11.6. The molecule has 2 aromatic rings. The molecule has 0 spiro atoms. The number of nitrogens with zero attached hydrogens (tertiary/aromatic N) is 1. The Bertz CT molecular complexity index is 688. The number of benzene rings is 2. The zero-order valence-corrected chi connectivity index (χ0v) is 16.4. The molecule has 0 bridgehead atoms. The molecular weight excluding hydrogens is 354 g/mol. The molecule has 0 aliphatic heterocycles. The van der Waals surface area contributed by atoms with Crippen molar-refractivity contribution in [3.05, 3.63) is 59.1 Å². The standard InChI is InChI=1S/C20H24ClNO2S/c1-15(23)24-19(8-6-14-22(2)3)18-7-4-5-9-20(18)25-17-12-10-16(21)11-13-17/h4-5,7,9-13,19H,6,8,14H2,1-3H3. The van der Waals surface area contributed by atoms with E-state index in [1.807, 2.05) is 56.6 Å². The second kappa shape index (κ2) is 9.85. The van der Waals surface area contributed by atoms with Crippen molar-refractivity contribution >= 4 is 29.3 Å². The van der Waals surface area contributed by atoms with Crippen molar-refractivity contribution < 1.29 is 9.53 Å². The highest BCUT2D eigenvalue weighted by molar-refractivity contribution is 7.99. The first-order valence-electron chi connectivity index (χ1n) is 8.30. The molecule has 0 amide bonds. The maximum absolute atomic E-state index is 11.6. The first kappa shape index (κ1) is 19.8. The number of halogens is 1. The van der Waals surface area contributed by atoms with Gasteiger partial charge in [0.15, 0.2) is 0 Å². The van der Waals surface area contributed by atoms with Gasteiger partial charge in [-0.1, -0.05) is 41.6 Å². The van der Waals surface area contributed by atoms with Crippen molar-refractivity contribution in [3.63, 3.8) is 0 Å². The summed E-state index contributed by atoms with van der Waals surface area (Å²) in [5, 5.41) is 0.721. The first-order valence-corrected chi connectivity index (χ1v) is 9.49. The third-order valence-corrected chi connectivity index (χ3v) is 5.04. The van der Waals surface area contributed by atoms with Gasteiger partial charge in [-0.25, -0.2) is 0 Å². The van der Waals surface area contributed by atoms with Gasteiger partial charge in [-0.3, -0.25) is 4.79 Å². The molecule has 3 nitrogen and oxygen atoms in total. The van der Waals surface area contributed by atoms with Gasteiger partial charge in [0.2, 0.25) is 0 Å². The fourth-order valence-electron chi connectivity index (χ4n) is 2.54. The van der Waals surface area contributed by atoms with Crippen LogP contribution in [-0.4, -0.2) is 31.5 Å². The molecule has 1 unspecified atom stereocenters. The minimum absolute atomic E-state index is 0.228. The molecule has 1 atom stereocenters. The fraction of sp³-hybridized carbons (Fsp3) is 0.350. The Morgan fingerprint density at radius 3 is 2.48 bits per heavy atom. The maximum Gasteiger partial charge on any atom is 0.303 e. The highest BCUT2D eigenvalue weighted by atomic mass is 35.5. The monoisotopic (exact) mass is 377 g/mol. The van der Waals surface area contributed by atoms with Crippen LogP contribution in [0, 0.1) is 0 Å². The van der Waals surface area contributed by atoms with E-state index in [-0.39, 0.29) is 12.1 Å². The average molecular weight is 378 g/mol. The van der Waals surface area contributed by atoms with Crippen molar-refractivity contribution in [2.45, 2.75) is 35.7 Å². The summed E-state index contributed by atoms with van der Waals surface area (Å²) < 4.78 is 5.62. The van der Waals surface area contributed by atoms with E-state index in [9.17, 15) is 4.79 Å². The van der Waals surface area contributed by atoms with Crippen molar-refractivity contribution in [3.8, 4) is 0 Å². The molecule has 0 N–H and O–H groups in total. The lowest BCUT2D eigenvalue weighted by Gasteiger charge is -2.21. The average Bonchev–Trinajstić information content (AvgIpc) is 2.56. The summed E-state index contributed by atoms with van der Waals surface area (Å²) in [5.41, 5.74) is 1.05. The molecule has 0 heterocycles. The quantitative estimate of drug-likeness (QED) is 0.573. The lowest BCUT2D eigenvalue weighted by Crippen LogP contribution is -2.16. The van der Waals surface area contributed by atoms with Gasteiger partial charge >= 0.3 is 5.97 Å². The number of carbonyl (C=O) groups is 1. The topological polar surface area (TPSA) is 29.5 Å². The van der Waals surface area contributed by atoms with Crippen LogP contribution in [0.1, 0.15) is 31.4 Å². The van der Waals surface area contributed by atoms with E-state index in [0.717, 1.165) is 39.8 Å². The Morgan fingerprint density at radius 2 is 1.84 bits per heavy atom. The Morgan fingerprint density at radius 1 is 1.16 bits per heavy atom.